The van der Waals surface area contributed by atoms with Gasteiger partial charge in [-0.3, -0.25) is 4.79 Å². The molecule has 1 saturated heterocycles. The van der Waals surface area contributed by atoms with Crippen molar-refractivity contribution in [2.75, 3.05) is 19.7 Å². The van der Waals surface area contributed by atoms with Crippen LogP contribution in [-0.2, 0) is 19.1 Å². The third kappa shape index (κ3) is 4.68. The maximum absolute atomic E-state index is 12.4. The molecule has 0 bridgehead atoms. The minimum atomic E-state index is -1.02. The Labute approximate surface area is 125 Å². The van der Waals surface area contributed by atoms with Crippen LogP contribution in [0, 0.1) is 0 Å². The second-order valence-corrected chi connectivity index (χ2v) is 5.87. The summed E-state index contributed by atoms with van der Waals surface area (Å²) in [6.45, 7) is 2.56. The average molecular weight is 299 g/mol. The van der Waals surface area contributed by atoms with Gasteiger partial charge in [-0.05, 0) is 19.8 Å². The predicted octanol–water partition coefficient (Wildman–Crippen LogP) is 1.43. The Hall–Kier alpha value is -1.14. The molecule has 2 atom stereocenters. The quantitative estimate of drug-likeness (QED) is 0.795. The number of hydrogen-bond acceptors (Lipinski definition) is 4. The van der Waals surface area contributed by atoms with E-state index in [0.29, 0.717) is 6.54 Å². The summed E-state index contributed by atoms with van der Waals surface area (Å²) in [5, 5.41) is 8.97. The Balaban J connectivity index is 1.84. The van der Waals surface area contributed by atoms with E-state index in [4.69, 9.17) is 14.6 Å². The molecule has 21 heavy (non-hydrogen) atoms. The molecule has 120 valence electrons. The highest BCUT2D eigenvalue weighted by Gasteiger charge is 2.32. The van der Waals surface area contributed by atoms with E-state index in [0.717, 1.165) is 25.7 Å². The summed E-state index contributed by atoms with van der Waals surface area (Å²) >= 11 is 0. The second-order valence-electron chi connectivity index (χ2n) is 5.87. The topological polar surface area (TPSA) is 76.1 Å². The Morgan fingerprint density at radius 1 is 1.24 bits per heavy atom. The number of rotatable bonds is 4. The summed E-state index contributed by atoms with van der Waals surface area (Å²) in [5.41, 5.74) is 0. The largest absolute Gasteiger partial charge is 0.479 e. The van der Waals surface area contributed by atoms with Crippen LogP contribution in [0.1, 0.15) is 45.4 Å². The van der Waals surface area contributed by atoms with Crippen molar-refractivity contribution >= 4 is 11.9 Å². The van der Waals surface area contributed by atoms with E-state index in [9.17, 15) is 9.59 Å². The lowest BCUT2D eigenvalue weighted by molar-refractivity contribution is -0.164. The van der Waals surface area contributed by atoms with Crippen molar-refractivity contribution in [2.24, 2.45) is 0 Å². The van der Waals surface area contributed by atoms with Crippen LogP contribution in [0.2, 0.25) is 0 Å². The van der Waals surface area contributed by atoms with Crippen LogP contribution in [0.4, 0.5) is 0 Å². The van der Waals surface area contributed by atoms with Gasteiger partial charge >= 0.3 is 5.97 Å². The normalized spacial score (nSPS) is 26.1. The van der Waals surface area contributed by atoms with Gasteiger partial charge < -0.3 is 19.5 Å². The standard InChI is InChI=1S/C15H25NO5/c1-11(21-12-6-4-2-3-5-7-12)14(17)16-8-9-20-13(10-16)15(18)19/h11-13H,2-10H2,1H3,(H,18,19)/t11-,13+/m1/s1. The molecule has 1 aliphatic carbocycles. The molecule has 6 heteroatoms. The van der Waals surface area contributed by atoms with E-state index < -0.39 is 18.2 Å². The van der Waals surface area contributed by atoms with Gasteiger partial charge in [0.2, 0.25) is 0 Å². The van der Waals surface area contributed by atoms with Crippen molar-refractivity contribution in [3.63, 3.8) is 0 Å². The fourth-order valence-corrected chi connectivity index (χ4v) is 2.98. The van der Waals surface area contributed by atoms with Gasteiger partial charge in [-0.15, -0.1) is 0 Å². The van der Waals surface area contributed by atoms with E-state index in [1.54, 1.807) is 11.8 Å². The zero-order chi connectivity index (χ0) is 15.2. The molecule has 1 heterocycles. The molecule has 0 unspecified atom stereocenters. The van der Waals surface area contributed by atoms with Gasteiger partial charge in [0.05, 0.1) is 19.3 Å². The van der Waals surface area contributed by atoms with Gasteiger partial charge in [0.25, 0.3) is 5.91 Å². The van der Waals surface area contributed by atoms with Crippen molar-refractivity contribution in [1.29, 1.82) is 0 Å². The van der Waals surface area contributed by atoms with E-state index in [1.165, 1.54) is 12.8 Å². The van der Waals surface area contributed by atoms with Crippen molar-refractivity contribution in [2.45, 2.75) is 63.8 Å². The monoisotopic (exact) mass is 299 g/mol. The fourth-order valence-electron chi connectivity index (χ4n) is 2.98. The molecule has 2 aliphatic rings. The number of carboxylic acids is 1. The number of amides is 1. The second kappa shape index (κ2) is 7.75. The Bertz CT molecular complexity index is 365. The van der Waals surface area contributed by atoms with Gasteiger partial charge in [-0.2, -0.15) is 0 Å². The minimum Gasteiger partial charge on any atom is -0.479 e. The molecular weight excluding hydrogens is 274 g/mol. The fraction of sp³-hybridized carbons (Fsp3) is 0.867. The molecule has 0 aromatic carbocycles. The highest BCUT2D eigenvalue weighted by Crippen LogP contribution is 2.21. The minimum absolute atomic E-state index is 0.104. The van der Waals surface area contributed by atoms with Crippen LogP contribution in [0.15, 0.2) is 0 Å². The summed E-state index contributed by atoms with van der Waals surface area (Å²) in [6, 6.07) is 0. The lowest BCUT2D eigenvalue weighted by atomic mass is 10.1. The zero-order valence-corrected chi connectivity index (χ0v) is 12.6. The Morgan fingerprint density at radius 3 is 2.52 bits per heavy atom. The molecule has 0 radical (unpaired) electrons. The molecule has 2 fully saturated rings. The van der Waals surface area contributed by atoms with E-state index >= 15 is 0 Å². The number of carbonyl (C=O) groups is 2. The van der Waals surface area contributed by atoms with Crippen LogP contribution in [0.25, 0.3) is 0 Å². The van der Waals surface area contributed by atoms with Gasteiger partial charge in [-0.1, -0.05) is 25.7 Å². The number of morpholine rings is 1. The zero-order valence-electron chi connectivity index (χ0n) is 12.6. The maximum Gasteiger partial charge on any atom is 0.334 e. The first-order valence-electron chi connectivity index (χ1n) is 7.86. The molecule has 0 spiro atoms. The predicted molar refractivity (Wildman–Crippen MR) is 76.0 cm³/mol. The van der Waals surface area contributed by atoms with Crippen molar-refractivity contribution in [1.82, 2.24) is 4.90 Å². The Morgan fingerprint density at radius 2 is 1.90 bits per heavy atom. The van der Waals surface area contributed by atoms with Gasteiger partial charge in [0, 0.05) is 6.54 Å². The van der Waals surface area contributed by atoms with Crippen molar-refractivity contribution < 1.29 is 24.2 Å². The van der Waals surface area contributed by atoms with Crippen LogP contribution in [0.5, 0.6) is 0 Å². The highest BCUT2D eigenvalue weighted by molar-refractivity contribution is 5.82. The number of ether oxygens (including phenoxy) is 2. The van der Waals surface area contributed by atoms with E-state index in [1.807, 2.05) is 0 Å². The number of aliphatic carboxylic acids is 1. The summed E-state index contributed by atoms with van der Waals surface area (Å²) in [7, 11) is 0. The van der Waals surface area contributed by atoms with E-state index in [-0.39, 0.29) is 25.2 Å². The lowest BCUT2D eigenvalue weighted by Crippen LogP contribution is -2.51. The molecule has 1 aliphatic heterocycles. The van der Waals surface area contributed by atoms with Crippen LogP contribution in [0.3, 0.4) is 0 Å². The van der Waals surface area contributed by atoms with Crippen LogP contribution in [-0.4, -0.2) is 59.9 Å². The summed E-state index contributed by atoms with van der Waals surface area (Å²) < 4.78 is 11.0. The lowest BCUT2D eigenvalue weighted by Gasteiger charge is -2.33. The smallest absolute Gasteiger partial charge is 0.334 e. The molecule has 0 aromatic heterocycles. The highest BCUT2D eigenvalue weighted by atomic mass is 16.5. The molecular formula is C15H25NO5. The molecule has 2 rings (SSSR count). The summed E-state index contributed by atoms with van der Waals surface area (Å²) in [4.78, 5) is 24.9. The first-order valence-corrected chi connectivity index (χ1v) is 7.86. The number of hydrogen-bond donors (Lipinski definition) is 1. The number of carboxylic acid groups (broad SMARTS) is 1. The first kappa shape index (κ1) is 16.2. The SMILES string of the molecule is C[C@@H](OC1CCCCCC1)C(=O)N1CCO[C@H](C(=O)O)C1. The van der Waals surface area contributed by atoms with E-state index in [2.05, 4.69) is 0 Å². The van der Waals surface area contributed by atoms with Crippen molar-refractivity contribution in [3.05, 3.63) is 0 Å². The first-order chi connectivity index (χ1) is 10.1. The maximum atomic E-state index is 12.4. The van der Waals surface area contributed by atoms with Crippen molar-refractivity contribution in [3.8, 4) is 0 Å². The number of nitrogens with zero attached hydrogens (tertiary/aromatic N) is 1. The molecule has 1 N–H and O–H groups in total. The van der Waals surface area contributed by atoms with Gasteiger partial charge in [0.1, 0.15) is 6.10 Å². The third-order valence-corrected chi connectivity index (χ3v) is 4.20. The molecule has 6 nitrogen and oxygen atoms in total. The van der Waals surface area contributed by atoms with Crippen LogP contribution < -0.4 is 0 Å². The van der Waals surface area contributed by atoms with Gasteiger partial charge in [0.15, 0.2) is 6.10 Å². The molecule has 1 amide bonds. The average Bonchev–Trinajstić information content (AvgIpc) is 2.75. The third-order valence-electron chi connectivity index (χ3n) is 4.20. The van der Waals surface area contributed by atoms with Crippen LogP contribution >= 0.6 is 0 Å². The van der Waals surface area contributed by atoms with Gasteiger partial charge in [-0.25, -0.2) is 4.79 Å². The summed E-state index contributed by atoms with van der Waals surface area (Å²) in [5.74, 6) is -1.15. The molecule has 1 saturated carbocycles. The Kier molecular flexibility index (Phi) is 5.99. The summed E-state index contributed by atoms with van der Waals surface area (Å²) in [6.07, 6.45) is 5.54. The number of carbonyl (C=O) groups excluding carboxylic acids is 1. The molecule has 0 aromatic rings.